The molecule has 1 saturated carbocycles. The van der Waals surface area contributed by atoms with Gasteiger partial charge in [-0.2, -0.15) is 0 Å². The first-order valence-electron chi connectivity index (χ1n) is 13.2. The summed E-state index contributed by atoms with van der Waals surface area (Å²) in [5.74, 6) is 1.14. The van der Waals surface area contributed by atoms with Gasteiger partial charge in [0.05, 0.1) is 18.2 Å². The zero-order chi connectivity index (χ0) is 25.5. The van der Waals surface area contributed by atoms with E-state index in [9.17, 15) is 14.7 Å². The lowest BCUT2D eigenvalue weighted by Gasteiger charge is -2.38. The van der Waals surface area contributed by atoms with E-state index in [1.807, 2.05) is 20.8 Å². The van der Waals surface area contributed by atoms with Crippen LogP contribution in [0.3, 0.4) is 0 Å². The Bertz CT molecular complexity index is 856. The van der Waals surface area contributed by atoms with Gasteiger partial charge in [0.25, 0.3) is 5.91 Å². The van der Waals surface area contributed by atoms with Gasteiger partial charge in [0.1, 0.15) is 11.9 Å². The van der Waals surface area contributed by atoms with Crippen LogP contribution in [0.1, 0.15) is 70.2 Å². The van der Waals surface area contributed by atoms with E-state index in [0.29, 0.717) is 23.5 Å². The van der Waals surface area contributed by atoms with Crippen molar-refractivity contribution in [2.24, 2.45) is 11.8 Å². The molecule has 1 fully saturated rings. The number of ether oxygens (including phenoxy) is 1. The molecule has 3 N–H and O–H groups in total. The Labute approximate surface area is 210 Å². The standard InChI is InChI=1S/C27H44N4O4/c1-18(2)28-27(34)29-22-11-12-24-23(13-22)26(33)31(20(4)17-32)14-19(3)25(35-24)16-30(5)15-21-9-7-6-8-10-21/h11-13,18-21,25,32H,6-10,14-17H2,1-5H3,(H2,28,29,34)/t19-,20+,25-/m0/s1. The molecule has 2 aliphatic rings. The summed E-state index contributed by atoms with van der Waals surface area (Å²) in [5, 5.41) is 15.4. The van der Waals surface area contributed by atoms with Crippen LogP contribution in [0.5, 0.6) is 5.75 Å². The molecule has 1 heterocycles. The SMILES string of the molecule is CC(C)NC(=O)Nc1ccc2c(c1)C(=O)N([C@H](C)CO)C[C@H](C)[C@H](CN(C)CC1CCCCC1)O2. The number of carbonyl (C=O) groups is 2. The largest absolute Gasteiger partial charge is 0.488 e. The van der Waals surface area contributed by atoms with Crippen LogP contribution in [-0.4, -0.2) is 78.3 Å². The molecule has 0 radical (unpaired) electrons. The van der Waals surface area contributed by atoms with Crippen molar-refractivity contribution in [1.29, 1.82) is 0 Å². The number of benzene rings is 1. The maximum Gasteiger partial charge on any atom is 0.319 e. The van der Waals surface area contributed by atoms with Crippen molar-refractivity contribution in [2.45, 2.75) is 78.0 Å². The van der Waals surface area contributed by atoms with Crippen LogP contribution in [0.4, 0.5) is 10.5 Å². The molecule has 8 heteroatoms. The van der Waals surface area contributed by atoms with Gasteiger partial charge in [0.2, 0.25) is 0 Å². The summed E-state index contributed by atoms with van der Waals surface area (Å²) in [6.07, 6.45) is 6.48. The van der Waals surface area contributed by atoms with Gasteiger partial charge in [-0.25, -0.2) is 4.79 Å². The number of nitrogens with zero attached hydrogens (tertiary/aromatic N) is 2. The van der Waals surface area contributed by atoms with E-state index < -0.39 is 0 Å². The highest BCUT2D eigenvalue weighted by Crippen LogP contribution is 2.31. The molecule has 1 aromatic carbocycles. The fourth-order valence-corrected chi connectivity index (χ4v) is 5.14. The zero-order valence-electron chi connectivity index (χ0n) is 22.0. The summed E-state index contributed by atoms with van der Waals surface area (Å²) in [6, 6.07) is 4.56. The van der Waals surface area contributed by atoms with E-state index >= 15 is 0 Å². The lowest BCUT2D eigenvalue weighted by Crippen LogP contribution is -2.50. The van der Waals surface area contributed by atoms with Gasteiger partial charge >= 0.3 is 6.03 Å². The Kier molecular flexibility index (Phi) is 9.80. The van der Waals surface area contributed by atoms with Gasteiger partial charge < -0.3 is 30.3 Å². The summed E-state index contributed by atoms with van der Waals surface area (Å²) < 4.78 is 6.49. The predicted molar refractivity (Wildman–Crippen MR) is 139 cm³/mol. The Hall–Kier alpha value is -2.32. The average Bonchev–Trinajstić information content (AvgIpc) is 2.81. The predicted octanol–water partition coefficient (Wildman–Crippen LogP) is 3.95. The number of anilines is 1. The minimum Gasteiger partial charge on any atom is -0.488 e. The van der Waals surface area contributed by atoms with Crippen LogP contribution in [0, 0.1) is 11.8 Å². The van der Waals surface area contributed by atoms with Crippen molar-refractivity contribution < 1.29 is 19.4 Å². The van der Waals surface area contributed by atoms with E-state index in [1.165, 1.54) is 32.1 Å². The lowest BCUT2D eigenvalue weighted by molar-refractivity contribution is 0.0330. The Balaban J connectivity index is 1.83. The molecule has 196 valence electrons. The molecule has 3 atom stereocenters. The van der Waals surface area contributed by atoms with E-state index in [-0.39, 0.29) is 42.7 Å². The summed E-state index contributed by atoms with van der Waals surface area (Å²) in [5.41, 5.74) is 0.925. The van der Waals surface area contributed by atoms with Gasteiger partial charge in [-0.15, -0.1) is 0 Å². The highest BCUT2D eigenvalue weighted by atomic mass is 16.5. The van der Waals surface area contributed by atoms with Crippen molar-refractivity contribution in [3.05, 3.63) is 23.8 Å². The topological polar surface area (TPSA) is 94.1 Å². The maximum absolute atomic E-state index is 13.5. The number of rotatable bonds is 8. The number of carbonyl (C=O) groups excluding carboxylic acids is 2. The fourth-order valence-electron chi connectivity index (χ4n) is 5.14. The smallest absolute Gasteiger partial charge is 0.319 e. The summed E-state index contributed by atoms with van der Waals surface area (Å²) in [4.78, 5) is 29.8. The number of hydrogen-bond acceptors (Lipinski definition) is 5. The van der Waals surface area contributed by atoms with Crippen molar-refractivity contribution in [3.63, 3.8) is 0 Å². The number of nitrogens with one attached hydrogen (secondary N) is 2. The molecule has 3 amide bonds. The molecular formula is C27H44N4O4. The van der Waals surface area contributed by atoms with Crippen molar-refractivity contribution in [1.82, 2.24) is 15.1 Å². The number of fused-ring (bicyclic) bond motifs is 1. The average molecular weight is 489 g/mol. The summed E-state index contributed by atoms with van der Waals surface area (Å²) >= 11 is 0. The monoisotopic (exact) mass is 488 g/mol. The van der Waals surface area contributed by atoms with Crippen molar-refractivity contribution in [2.75, 3.05) is 38.6 Å². The van der Waals surface area contributed by atoms with E-state index in [2.05, 4.69) is 29.5 Å². The second kappa shape index (κ2) is 12.6. The first-order valence-corrected chi connectivity index (χ1v) is 13.2. The molecule has 35 heavy (non-hydrogen) atoms. The van der Waals surface area contributed by atoms with Gasteiger partial charge in [0, 0.05) is 37.3 Å². The van der Waals surface area contributed by atoms with Crippen LogP contribution < -0.4 is 15.4 Å². The third-order valence-corrected chi connectivity index (χ3v) is 7.13. The third-order valence-electron chi connectivity index (χ3n) is 7.13. The molecule has 0 saturated heterocycles. The van der Waals surface area contributed by atoms with Crippen LogP contribution in [0.25, 0.3) is 0 Å². The second-order valence-electron chi connectivity index (χ2n) is 10.8. The first-order chi connectivity index (χ1) is 16.7. The Morgan fingerprint density at radius 1 is 1.20 bits per heavy atom. The first kappa shape index (κ1) is 27.3. The Morgan fingerprint density at radius 2 is 1.91 bits per heavy atom. The molecule has 1 aliphatic carbocycles. The van der Waals surface area contributed by atoms with Crippen molar-refractivity contribution >= 4 is 17.6 Å². The lowest BCUT2D eigenvalue weighted by atomic mass is 9.89. The molecular weight excluding hydrogens is 444 g/mol. The van der Waals surface area contributed by atoms with Gasteiger partial charge in [-0.05, 0) is 64.8 Å². The fraction of sp³-hybridized carbons (Fsp3) is 0.704. The van der Waals surface area contributed by atoms with E-state index in [1.54, 1.807) is 23.1 Å². The zero-order valence-corrected chi connectivity index (χ0v) is 22.0. The van der Waals surface area contributed by atoms with Gasteiger partial charge in [-0.3, -0.25) is 4.79 Å². The maximum atomic E-state index is 13.5. The van der Waals surface area contributed by atoms with Gasteiger partial charge in [-0.1, -0.05) is 26.2 Å². The molecule has 1 aromatic rings. The minimum absolute atomic E-state index is 0.00181. The van der Waals surface area contributed by atoms with Crippen LogP contribution in [0.2, 0.25) is 0 Å². The number of amides is 3. The van der Waals surface area contributed by atoms with E-state index in [0.717, 1.165) is 19.0 Å². The highest BCUT2D eigenvalue weighted by Gasteiger charge is 2.34. The number of likely N-dealkylation sites (N-methyl/N-ethyl adjacent to an activating group) is 1. The molecule has 0 bridgehead atoms. The normalized spacial score (nSPS) is 22.3. The van der Waals surface area contributed by atoms with Gasteiger partial charge in [0.15, 0.2) is 0 Å². The number of hydrogen-bond donors (Lipinski definition) is 3. The molecule has 1 aliphatic heterocycles. The summed E-state index contributed by atoms with van der Waals surface area (Å²) in [7, 11) is 2.16. The quantitative estimate of drug-likeness (QED) is 0.515. The summed E-state index contributed by atoms with van der Waals surface area (Å²) in [6.45, 7) is 9.95. The number of aliphatic hydroxyl groups is 1. The molecule has 8 nitrogen and oxygen atoms in total. The molecule has 0 aromatic heterocycles. The molecule has 0 spiro atoms. The van der Waals surface area contributed by atoms with E-state index in [4.69, 9.17) is 4.74 Å². The highest BCUT2D eigenvalue weighted by molar-refractivity contribution is 5.99. The number of urea groups is 1. The second-order valence-corrected chi connectivity index (χ2v) is 10.8. The van der Waals surface area contributed by atoms with Crippen LogP contribution >= 0.6 is 0 Å². The molecule has 0 unspecified atom stereocenters. The van der Waals surface area contributed by atoms with Crippen LogP contribution in [-0.2, 0) is 0 Å². The third kappa shape index (κ3) is 7.58. The minimum atomic E-state index is -0.324. The van der Waals surface area contributed by atoms with Crippen LogP contribution in [0.15, 0.2) is 18.2 Å². The number of aliphatic hydroxyl groups excluding tert-OH is 1. The van der Waals surface area contributed by atoms with Crippen molar-refractivity contribution in [3.8, 4) is 5.75 Å². The Morgan fingerprint density at radius 3 is 2.57 bits per heavy atom. The molecule has 3 rings (SSSR count).